The topological polar surface area (TPSA) is 9.72 Å². The second-order valence-electron chi connectivity index (χ2n) is 19.9. The number of hydrogen-bond acceptors (Lipinski definition) is 3. The Bertz CT molecular complexity index is 3460. The molecule has 0 atom stereocenters. The Labute approximate surface area is 484 Å². The fourth-order valence-corrected chi connectivity index (χ4v) is 12.5. The highest BCUT2D eigenvalue weighted by atomic mass is 31.1. The van der Waals surface area contributed by atoms with Crippen molar-refractivity contribution in [3.63, 3.8) is 0 Å². The zero-order chi connectivity index (χ0) is 55.1. The van der Waals surface area contributed by atoms with E-state index >= 15 is 0 Å². The van der Waals surface area contributed by atoms with E-state index in [1.54, 1.807) is 0 Å². The third kappa shape index (κ3) is 12.7. The second-order valence-corrected chi connectivity index (χ2v) is 22.1. The first-order chi connectivity index (χ1) is 40.6. The zero-order valence-corrected chi connectivity index (χ0v) is 46.3. The number of nitrogens with zero attached hydrogens (tertiary/aromatic N) is 3. The van der Waals surface area contributed by atoms with Crippen molar-refractivity contribution in [2.45, 2.75) is 0 Å². The highest BCUT2D eigenvalue weighted by molar-refractivity contribution is 7.79. The Kier molecular flexibility index (Phi) is 16.4. The lowest BCUT2D eigenvalue weighted by atomic mass is 10.1. The van der Waals surface area contributed by atoms with Gasteiger partial charge in [-0.15, -0.1) is 0 Å². The molecule has 12 rings (SSSR count). The molecule has 0 N–H and O–H groups in total. The van der Waals surface area contributed by atoms with E-state index in [4.69, 9.17) is 0 Å². The summed E-state index contributed by atoms with van der Waals surface area (Å²) < 4.78 is 0. The number of hydrogen-bond donors (Lipinski definition) is 0. The SMILES string of the molecule is C(=Cc1ccc(P(c2ccc(C=Cc3ccc(N(c4ccccc4)c4ccccc4)cc3)cc2)c2ccc(C=Cc3ccc(N(c4ccccc4)c4ccccc4)cc3)cc2)cc1)c1ccc(N(c2ccccc2)c2ccccc2)cc1. The largest absolute Gasteiger partial charge is 0.311 e. The number of rotatable bonds is 18. The maximum atomic E-state index is 2.31. The molecule has 0 aliphatic carbocycles. The quantitative estimate of drug-likeness (QED) is 0.0626. The Morgan fingerprint density at radius 3 is 0.476 bits per heavy atom. The van der Waals surface area contributed by atoms with Crippen LogP contribution in [0.15, 0.2) is 328 Å². The van der Waals surface area contributed by atoms with Crippen LogP contribution in [-0.2, 0) is 0 Å². The van der Waals surface area contributed by atoms with Gasteiger partial charge in [0, 0.05) is 51.2 Å². The van der Waals surface area contributed by atoms with Crippen LogP contribution in [0.2, 0.25) is 0 Å². The Balaban J connectivity index is 0.785. The van der Waals surface area contributed by atoms with Crippen LogP contribution in [0.3, 0.4) is 0 Å². The lowest BCUT2D eigenvalue weighted by Gasteiger charge is -2.25. The first-order valence-corrected chi connectivity index (χ1v) is 29.1. The first-order valence-electron chi connectivity index (χ1n) is 27.8. The van der Waals surface area contributed by atoms with Gasteiger partial charge in [0.15, 0.2) is 0 Å². The third-order valence-electron chi connectivity index (χ3n) is 14.4. The summed E-state index contributed by atoms with van der Waals surface area (Å²) in [6.07, 6.45) is 13.2. The van der Waals surface area contributed by atoms with E-state index < -0.39 is 7.92 Å². The maximum absolute atomic E-state index is 2.31. The van der Waals surface area contributed by atoms with E-state index in [1.807, 2.05) is 0 Å². The molecule has 0 heterocycles. The molecule has 0 aromatic heterocycles. The number of benzene rings is 12. The van der Waals surface area contributed by atoms with Gasteiger partial charge in [-0.05, 0) is 166 Å². The normalized spacial score (nSPS) is 11.7. The van der Waals surface area contributed by atoms with Crippen molar-refractivity contribution in [1.29, 1.82) is 0 Å². The van der Waals surface area contributed by atoms with Gasteiger partial charge in [0.1, 0.15) is 0 Å². The summed E-state index contributed by atoms with van der Waals surface area (Å²) in [7, 11) is -0.875. The average Bonchev–Trinajstić information content (AvgIpc) is 3.75. The van der Waals surface area contributed by atoms with Crippen LogP contribution >= 0.6 is 7.92 Å². The number of para-hydroxylation sites is 6. The van der Waals surface area contributed by atoms with Gasteiger partial charge in [-0.2, -0.15) is 0 Å². The van der Waals surface area contributed by atoms with E-state index in [9.17, 15) is 0 Å². The van der Waals surface area contributed by atoms with Crippen LogP contribution in [0.5, 0.6) is 0 Å². The third-order valence-corrected chi connectivity index (χ3v) is 16.8. The minimum Gasteiger partial charge on any atom is -0.311 e. The zero-order valence-electron chi connectivity index (χ0n) is 45.4. The summed E-state index contributed by atoms with van der Waals surface area (Å²) in [5, 5.41) is 3.89. The Morgan fingerprint density at radius 2 is 0.305 bits per heavy atom. The highest BCUT2D eigenvalue weighted by Crippen LogP contribution is 2.38. The van der Waals surface area contributed by atoms with Crippen LogP contribution in [-0.4, -0.2) is 0 Å². The fourth-order valence-electron chi connectivity index (χ4n) is 10.2. The van der Waals surface area contributed by atoms with Crippen molar-refractivity contribution < 1.29 is 0 Å². The summed E-state index contributed by atoms with van der Waals surface area (Å²) in [5.74, 6) is 0. The van der Waals surface area contributed by atoms with Crippen molar-refractivity contribution in [1.82, 2.24) is 0 Å². The Morgan fingerprint density at radius 1 is 0.159 bits per heavy atom. The monoisotopic (exact) mass is 1070 g/mol. The molecular weight excluding hydrogens is 1010 g/mol. The van der Waals surface area contributed by atoms with Crippen molar-refractivity contribution in [3.8, 4) is 0 Å². The van der Waals surface area contributed by atoms with Crippen LogP contribution in [0.25, 0.3) is 36.5 Å². The van der Waals surface area contributed by atoms with Crippen molar-refractivity contribution in [2.75, 3.05) is 14.7 Å². The van der Waals surface area contributed by atoms with Gasteiger partial charge in [0.05, 0.1) is 0 Å². The molecule has 12 aromatic carbocycles. The van der Waals surface area contributed by atoms with E-state index in [-0.39, 0.29) is 0 Å². The van der Waals surface area contributed by atoms with E-state index in [0.29, 0.717) is 0 Å². The van der Waals surface area contributed by atoms with Crippen LogP contribution in [0, 0.1) is 0 Å². The van der Waals surface area contributed by atoms with Crippen molar-refractivity contribution in [3.05, 3.63) is 361 Å². The first kappa shape index (κ1) is 52.4. The molecule has 3 nitrogen and oxygen atoms in total. The van der Waals surface area contributed by atoms with Gasteiger partial charge in [0.2, 0.25) is 0 Å². The van der Waals surface area contributed by atoms with Gasteiger partial charge in [0.25, 0.3) is 0 Å². The highest BCUT2D eigenvalue weighted by Gasteiger charge is 2.18. The molecule has 0 fully saturated rings. The lowest BCUT2D eigenvalue weighted by Crippen LogP contribution is -2.20. The molecule has 4 heteroatoms. The maximum Gasteiger partial charge on any atom is 0.0462 e. The summed E-state index contributed by atoms with van der Waals surface area (Å²) in [6, 6.07) is 117. The Hall–Kier alpha value is -10.3. The molecule has 0 spiro atoms. The minimum atomic E-state index is -0.875. The summed E-state index contributed by atoms with van der Waals surface area (Å²) in [6.45, 7) is 0. The molecule has 0 bridgehead atoms. The summed E-state index contributed by atoms with van der Waals surface area (Å²) >= 11 is 0. The lowest BCUT2D eigenvalue weighted by molar-refractivity contribution is 1.28. The molecule has 12 aromatic rings. The summed E-state index contributed by atoms with van der Waals surface area (Å²) in [5.41, 5.74) is 17.0. The molecule has 0 amide bonds. The van der Waals surface area contributed by atoms with Gasteiger partial charge in [-0.1, -0.05) is 255 Å². The van der Waals surface area contributed by atoms with Gasteiger partial charge in [-0.25, -0.2) is 0 Å². The van der Waals surface area contributed by atoms with Crippen LogP contribution in [0.1, 0.15) is 33.4 Å². The molecule has 392 valence electrons. The predicted octanol–water partition coefficient (Wildman–Crippen LogP) is 20.4. The molecule has 0 radical (unpaired) electrons. The van der Waals surface area contributed by atoms with Crippen LogP contribution in [0.4, 0.5) is 51.2 Å². The predicted molar refractivity (Wildman–Crippen MR) is 355 cm³/mol. The molecule has 82 heavy (non-hydrogen) atoms. The molecule has 0 saturated carbocycles. The minimum absolute atomic E-state index is 0.875. The molecule has 0 saturated heterocycles. The molecular formula is C78H60N3P. The van der Waals surface area contributed by atoms with E-state index in [1.165, 1.54) is 15.9 Å². The number of anilines is 9. The van der Waals surface area contributed by atoms with E-state index in [0.717, 1.165) is 84.6 Å². The average molecular weight is 1070 g/mol. The fraction of sp³-hybridized carbons (Fsp3) is 0. The van der Waals surface area contributed by atoms with E-state index in [2.05, 4.69) is 379 Å². The second kappa shape index (κ2) is 25.7. The molecule has 0 unspecified atom stereocenters. The molecule has 0 aliphatic heterocycles. The van der Waals surface area contributed by atoms with Crippen molar-refractivity contribution in [2.24, 2.45) is 0 Å². The van der Waals surface area contributed by atoms with Gasteiger partial charge < -0.3 is 14.7 Å². The standard InChI is InChI=1S/C78H60N3P/c1-7-19-67(20-8-1)79(68-21-9-2-10-22-68)73-49-37-61(38-50-73)31-34-64-43-55-76(56-44-64)82(77-57-45-65(46-58-77)35-32-62-39-51-74(52-40-62)80(69-23-11-3-12-24-69)70-25-13-4-14-26-70)78-59-47-66(48-60-78)36-33-63-41-53-75(54-42-63)81(71-27-15-5-16-28-71)72-29-17-6-18-30-72/h1-60H. The molecule has 0 aliphatic rings. The van der Waals surface area contributed by atoms with Crippen LogP contribution < -0.4 is 30.6 Å². The van der Waals surface area contributed by atoms with Crippen molar-refractivity contribution >= 4 is 111 Å². The van der Waals surface area contributed by atoms with Gasteiger partial charge in [-0.3, -0.25) is 0 Å². The summed E-state index contributed by atoms with van der Waals surface area (Å²) in [4.78, 5) is 6.87. The smallest absolute Gasteiger partial charge is 0.0462 e. The van der Waals surface area contributed by atoms with Gasteiger partial charge >= 0.3 is 0 Å².